The third-order valence-electron chi connectivity index (χ3n) is 3.36. The fourth-order valence-electron chi connectivity index (χ4n) is 2.17. The summed E-state index contributed by atoms with van der Waals surface area (Å²) in [6.45, 7) is 2.04. The zero-order chi connectivity index (χ0) is 13.0. The first kappa shape index (κ1) is 13.1. The fraction of sp³-hybridized carbons (Fsp3) is 0.467. The van der Waals surface area contributed by atoms with Gasteiger partial charge < -0.3 is 10.1 Å². The maximum atomic E-state index is 13.4. The highest BCUT2D eigenvalue weighted by molar-refractivity contribution is 5.36. The van der Waals surface area contributed by atoms with Crippen molar-refractivity contribution in [2.45, 2.75) is 38.3 Å². The molecular formula is C15H20FNO. The second-order valence-electron chi connectivity index (χ2n) is 4.71. The normalized spacial score (nSPS) is 20.7. The van der Waals surface area contributed by atoms with E-state index in [1.807, 2.05) is 14.0 Å². The molecule has 0 bridgehead atoms. The molecule has 0 heterocycles. The first-order chi connectivity index (χ1) is 8.70. The molecule has 1 aromatic carbocycles. The number of rotatable bonds is 4. The lowest BCUT2D eigenvalue weighted by molar-refractivity contribution is 0.225. The third-order valence-corrected chi connectivity index (χ3v) is 3.36. The van der Waals surface area contributed by atoms with Crippen LogP contribution in [0.4, 0.5) is 4.39 Å². The topological polar surface area (TPSA) is 21.3 Å². The lowest BCUT2D eigenvalue weighted by atomic mass is 10.0. The highest BCUT2D eigenvalue weighted by Crippen LogP contribution is 2.28. The van der Waals surface area contributed by atoms with Crippen LogP contribution in [-0.4, -0.2) is 13.2 Å². The summed E-state index contributed by atoms with van der Waals surface area (Å²) in [5, 5.41) is 3.16. The second-order valence-corrected chi connectivity index (χ2v) is 4.71. The van der Waals surface area contributed by atoms with Crippen molar-refractivity contribution in [2.75, 3.05) is 7.05 Å². The average molecular weight is 249 g/mol. The summed E-state index contributed by atoms with van der Waals surface area (Å²) in [6, 6.07) is 4.89. The minimum absolute atomic E-state index is 0.0726. The molecule has 1 aliphatic carbocycles. The minimum atomic E-state index is -0.253. The molecule has 2 rings (SSSR count). The Bertz CT molecular complexity index is 431. The molecular weight excluding hydrogens is 229 g/mol. The van der Waals surface area contributed by atoms with Crippen LogP contribution in [0.5, 0.6) is 5.75 Å². The minimum Gasteiger partial charge on any atom is -0.486 e. The number of allylic oxidation sites excluding steroid dienone is 1. The van der Waals surface area contributed by atoms with E-state index in [-0.39, 0.29) is 18.0 Å². The molecule has 18 heavy (non-hydrogen) atoms. The Kier molecular flexibility index (Phi) is 4.37. The molecule has 98 valence electrons. The predicted octanol–water partition coefficient (Wildman–Crippen LogP) is 3.59. The van der Waals surface area contributed by atoms with Gasteiger partial charge in [0.2, 0.25) is 0 Å². The van der Waals surface area contributed by atoms with Crippen molar-refractivity contribution in [3.63, 3.8) is 0 Å². The summed E-state index contributed by atoms with van der Waals surface area (Å²) in [5.74, 6) is 0.394. The Labute approximate surface area is 108 Å². The lowest BCUT2D eigenvalue weighted by Gasteiger charge is -2.22. The smallest absolute Gasteiger partial charge is 0.127 e. The number of hydrogen-bond acceptors (Lipinski definition) is 2. The van der Waals surface area contributed by atoms with Crippen LogP contribution in [0.2, 0.25) is 0 Å². The zero-order valence-electron chi connectivity index (χ0n) is 10.9. The molecule has 0 aliphatic heterocycles. The first-order valence-corrected chi connectivity index (χ1v) is 6.50. The van der Waals surface area contributed by atoms with Gasteiger partial charge in [-0.1, -0.05) is 12.1 Å². The van der Waals surface area contributed by atoms with Gasteiger partial charge in [0, 0.05) is 17.7 Å². The summed E-state index contributed by atoms with van der Waals surface area (Å²) >= 11 is 0. The van der Waals surface area contributed by atoms with Crippen LogP contribution in [-0.2, 0) is 0 Å². The first-order valence-electron chi connectivity index (χ1n) is 6.50. The van der Waals surface area contributed by atoms with E-state index in [1.54, 1.807) is 6.07 Å². The highest BCUT2D eigenvalue weighted by Gasteiger charge is 2.15. The summed E-state index contributed by atoms with van der Waals surface area (Å²) in [4.78, 5) is 0. The molecule has 0 radical (unpaired) electrons. The van der Waals surface area contributed by atoms with Crippen LogP contribution < -0.4 is 10.1 Å². The Morgan fingerprint density at radius 3 is 2.94 bits per heavy atom. The Morgan fingerprint density at radius 1 is 1.44 bits per heavy atom. The highest BCUT2D eigenvalue weighted by atomic mass is 19.1. The van der Waals surface area contributed by atoms with Gasteiger partial charge in [0.25, 0.3) is 0 Å². The van der Waals surface area contributed by atoms with Gasteiger partial charge in [-0.05, 0) is 45.4 Å². The molecule has 1 aromatic rings. The molecule has 3 heteroatoms. The van der Waals surface area contributed by atoms with E-state index in [4.69, 9.17) is 4.74 Å². The number of hydrogen-bond donors (Lipinski definition) is 1. The molecule has 0 amide bonds. The molecule has 2 atom stereocenters. The van der Waals surface area contributed by atoms with E-state index < -0.39 is 0 Å². The molecule has 0 saturated carbocycles. The molecule has 2 unspecified atom stereocenters. The van der Waals surface area contributed by atoms with Crippen LogP contribution in [0.25, 0.3) is 0 Å². The maximum absolute atomic E-state index is 13.4. The summed E-state index contributed by atoms with van der Waals surface area (Å²) < 4.78 is 19.3. The molecule has 0 saturated heterocycles. The van der Waals surface area contributed by atoms with Crippen LogP contribution in [0.3, 0.4) is 0 Å². The summed E-state index contributed by atoms with van der Waals surface area (Å²) in [5.41, 5.74) is 0.998. The Balaban J connectivity index is 2.21. The maximum Gasteiger partial charge on any atom is 0.127 e. The number of benzene rings is 1. The number of nitrogens with one attached hydrogen (secondary N) is 1. The van der Waals surface area contributed by atoms with Gasteiger partial charge in [-0.3, -0.25) is 0 Å². The largest absolute Gasteiger partial charge is 0.486 e. The van der Waals surface area contributed by atoms with Crippen molar-refractivity contribution in [2.24, 2.45) is 0 Å². The average Bonchev–Trinajstić information content (AvgIpc) is 2.39. The summed E-state index contributed by atoms with van der Waals surface area (Å²) in [6.07, 6.45) is 7.52. The monoisotopic (exact) mass is 249 g/mol. The number of halogens is 1. The van der Waals surface area contributed by atoms with Crippen molar-refractivity contribution in [1.82, 2.24) is 5.32 Å². The van der Waals surface area contributed by atoms with Crippen molar-refractivity contribution in [3.05, 3.63) is 41.7 Å². The van der Waals surface area contributed by atoms with Gasteiger partial charge in [0.1, 0.15) is 17.7 Å². The van der Waals surface area contributed by atoms with E-state index in [0.717, 1.165) is 24.8 Å². The van der Waals surface area contributed by atoms with Gasteiger partial charge in [0.05, 0.1) is 0 Å². The molecule has 2 nitrogen and oxygen atoms in total. The predicted molar refractivity (Wildman–Crippen MR) is 71.3 cm³/mol. The molecule has 1 aliphatic rings. The quantitative estimate of drug-likeness (QED) is 0.823. The fourth-order valence-corrected chi connectivity index (χ4v) is 2.17. The van der Waals surface area contributed by atoms with E-state index in [0.29, 0.717) is 5.75 Å². The second kappa shape index (κ2) is 6.01. The lowest BCUT2D eigenvalue weighted by Crippen LogP contribution is -2.19. The van der Waals surface area contributed by atoms with E-state index in [9.17, 15) is 4.39 Å². The van der Waals surface area contributed by atoms with Crippen LogP contribution in [0, 0.1) is 5.82 Å². The Hall–Kier alpha value is -1.35. The summed E-state index contributed by atoms with van der Waals surface area (Å²) in [7, 11) is 1.89. The van der Waals surface area contributed by atoms with Gasteiger partial charge in [-0.15, -0.1) is 0 Å². The number of ether oxygens (including phenoxy) is 1. The molecule has 0 spiro atoms. The zero-order valence-corrected chi connectivity index (χ0v) is 10.9. The van der Waals surface area contributed by atoms with Crippen molar-refractivity contribution in [1.29, 1.82) is 0 Å². The van der Waals surface area contributed by atoms with Crippen molar-refractivity contribution in [3.8, 4) is 5.75 Å². The SMILES string of the molecule is CNC(C)c1ccc(F)cc1OC1C=CCCC1. The van der Waals surface area contributed by atoms with Crippen molar-refractivity contribution < 1.29 is 9.13 Å². The third kappa shape index (κ3) is 3.10. The Morgan fingerprint density at radius 2 is 2.28 bits per heavy atom. The molecule has 0 fully saturated rings. The van der Waals surface area contributed by atoms with Crippen LogP contribution in [0.15, 0.2) is 30.4 Å². The standard InChI is InChI=1S/C15H20FNO/c1-11(17-2)14-9-8-12(16)10-15(14)18-13-6-4-3-5-7-13/h4,6,8-11,13,17H,3,5,7H2,1-2H3. The van der Waals surface area contributed by atoms with E-state index >= 15 is 0 Å². The van der Waals surface area contributed by atoms with Crippen LogP contribution in [0.1, 0.15) is 37.8 Å². The van der Waals surface area contributed by atoms with Gasteiger partial charge in [-0.2, -0.15) is 0 Å². The van der Waals surface area contributed by atoms with Gasteiger partial charge in [-0.25, -0.2) is 4.39 Å². The van der Waals surface area contributed by atoms with Gasteiger partial charge in [0.15, 0.2) is 0 Å². The van der Waals surface area contributed by atoms with Crippen molar-refractivity contribution >= 4 is 0 Å². The van der Waals surface area contributed by atoms with Gasteiger partial charge >= 0.3 is 0 Å². The van der Waals surface area contributed by atoms with E-state index in [1.165, 1.54) is 12.1 Å². The van der Waals surface area contributed by atoms with Crippen LogP contribution >= 0.6 is 0 Å². The molecule has 0 aromatic heterocycles. The van der Waals surface area contributed by atoms with E-state index in [2.05, 4.69) is 17.5 Å². The molecule has 1 N–H and O–H groups in total.